The minimum atomic E-state index is 0.625. The molecule has 0 aromatic heterocycles. The van der Waals surface area contributed by atoms with Gasteiger partial charge in [-0.2, -0.15) is 0 Å². The van der Waals surface area contributed by atoms with Crippen molar-refractivity contribution in [3.8, 4) is 0 Å². The Labute approximate surface area is 108 Å². The lowest BCUT2D eigenvalue weighted by Crippen LogP contribution is -2.30. The molecule has 0 bridgehead atoms. The van der Waals surface area contributed by atoms with Gasteiger partial charge in [0.25, 0.3) is 0 Å². The predicted octanol–water partition coefficient (Wildman–Crippen LogP) is 3.25. The lowest BCUT2D eigenvalue weighted by molar-refractivity contribution is 0.103. The van der Waals surface area contributed by atoms with Crippen molar-refractivity contribution in [3.05, 3.63) is 34.9 Å². The highest BCUT2D eigenvalue weighted by molar-refractivity contribution is 6.31. The van der Waals surface area contributed by atoms with Gasteiger partial charge < -0.3 is 10.1 Å². The number of rotatable bonds is 5. The third-order valence-corrected chi connectivity index (χ3v) is 3.65. The summed E-state index contributed by atoms with van der Waals surface area (Å²) in [6.45, 7) is 3.78. The van der Waals surface area contributed by atoms with Gasteiger partial charge in [0.15, 0.2) is 0 Å². The van der Waals surface area contributed by atoms with Crippen LogP contribution in [0.2, 0.25) is 5.02 Å². The number of nitrogens with one attached hydrogen (secondary N) is 1. The molecule has 1 fully saturated rings. The van der Waals surface area contributed by atoms with Crippen molar-refractivity contribution in [3.63, 3.8) is 0 Å². The van der Waals surface area contributed by atoms with E-state index in [1.807, 2.05) is 24.3 Å². The number of hydrogen-bond donors (Lipinski definition) is 1. The Hall–Kier alpha value is -0.570. The van der Waals surface area contributed by atoms with Gasteiger partial charge >= 0.3 is 0 Å². The summed E-state index contributed by atoms with van der Waals surface area (Å²) < 4.78 is 5.69. The molecule has 1 aliphatic rings. The molecule has 3 heteroatoms. The Balaban J connectivity index is 1.64. The minimum absolute atomic E-state index is 0.625. The van der Waals surface area contributed by atoms with Gasteiger partial charge in [0.05, 0.1) is 6.61 Å². The number of piperidine rings is 1. The highest BCUT2D eigenvalue weighted by Crippen LogP contribution is 2.17. The van der Waals surface area contributed by atoms with Crippen LogP contribution in [0, 0.1) is 5.92 Å². The van der Waals surface area contributed by atoms with Gasteiger partial charge in [-0.25, -0.2) is 0 Å². The molecule has 0 radical (unpaired) electrons. The lowest BCUT2D eigenvalue weighted by Gasteiger charge is -2.22. The third kappa shape index (κ3) is 4.30. The van der Waals surface area contributed by atoms with Crippen molar-refractivity contribution in [2.75, 3.05) is 19.7 Å². The van der Waals surface area contributed by atoms with E-state index in [4.69, 9.17) is 16.3 Å². The van der Waals surface area contributed by atoms with Crippen LogP contribution in [-0.2, 0) is 11.3 Å². The van der Waals surface area contributed by atoms with Gasteiger partial charge in [-0.05, 0) is 49.9 Å². The van der Waals surface area contributed by atoms with E-state index in [9.17, 15) is 0 Å². The molecule has 1 atom stereocenters. The first kappa shape index (κ1) is 12.9. The molecule has 1 aliphatic heterocycles. The van der Waals surface area contributed by atoms with Crippen molar-refractivity contribution in [2.45, 2.75) is 25.9 Å². The monoisotopic (exact) mass is 253 g/mol. The molecule has 94 valence electrons. The zero-order valence-corrected chi connectivity index (χ0v) is 10.9. The molecule has 1 aromatic carbocycles. The van der Waals surface area contributed by atoms with Gasteiger partial charge in [0.2, 0.25) is 0 Å². The van der Waals surface area contributed by atoms with Crippen LogP contribution < -0.4 is 5.32 Å². The smallest absolute Gasteiger partial charge is 0.0731 e. The molecule has 2 rings (SSSR count). The predicted molar refractivity (Wildman–Crippen MR) is 71.3 cm³/mol. The van der Waals surface area contributed by atoms with Crippen LogP contribution >= 0.6 is 11.6 Å². The second kappa shape index (κ2) is 7.00. The molecule has 0 saturated carbocycles. The quantitative estimate of drug-likeness (QED) is 0.814. The number of ether oxygens (including phenoxy) is 1. The van der Waals surface area contributed by atoms with Crippen LogP contribution in [0.5, 0.6) is 0 Å². The molecule has 0 amide bonds. The van der Waals surface area contributed by atoms with Crippen LogP contribution in [0.4, 0.5) is 0 Å². The fraction of sp³-hybridized carbons (Fsp3) is 0.571. The van der Waals surface area contributed by atoms with E-state index in [0.717, 1.165) is 36.1 Å². The fourth-order valence-corrected chi connectivity index (χ4v) is 2.41. The summed E-state index contributed by atoms with van der Waals surface area (Å²) in [4.78, 5) is 0. The SMILES string of the molecule is Clc1ccccc1COCC[C@@H]1CCCNC1. The Morgan fingerprint density at radius 2 is 2.24 bits per heavy atom. The normalized spacial score (nSPS) is 20.4. The number of benzene rings is 1. The molecule has 1 heterocycles. The van der Waals surface area contributed by atoms with Gasteiger partial charge in [0, 0.05) is 11.6 Å². The standard InChI is InChI=1S/C14H20ClNO/c15-14-6-2-1-5-13(14)11-17-9-7-12-4-3-8-16-10-12/h1-2,5-6,12,16H,3-4,7-11H2/t12-/m0/s1. The largest absolute Gasteiger partial charge is 0.377 e. The number of halogens is 1. The van der Waals surface area contributed by atoms with E-state index >= 15 is 0 Å². The average molecular weight is 254 g/mol. The van der Waals surface area contributed by atoms with E-state index < -0.39 is 0 Å². The topological polar surface area (TPSA) is 21.3 Å². The van der Waals surface area contributed by atoms with E-state index in [1.54, 1.807) is 0 Å². The maximum atomic E-state index is 6.06. The Morgan fingerprint density at radius 1 is 1.35 bits per heavy atom. The van der Waals surface area contributed by atoms with Gasteiger partial charge in [0.1, 0.15) is 0 Å². The van der Waals surface area contributed by atoms with Crippen molar-refractivity contribution in [1.82, 2.24) is 5.32 Å². The van der Waals surface area contributed by atoms with Gasteiger partial charge in [-0.15, -0.1) is 0 Å². The molecule has 1 N–H and O–H groups in total. The van der Waals surface area contributed by atoms with E-state index in [2.05, 4.69) is 5.32 Å². The third-order valence-electron chi connectivity index (χ3n) is 3.28. The molecule has 1 saturated heterocycles. The summed E-state index contributed by atoms with van der Waals surface area (Å²) in [5.41, 5.74) is 1.08. The van der Waals surface area contributed by atoms with Crippen LogP contribution in [-0.4, -0.2) is 19.7 Å². The van der Waals surface area contributed by atoms with Crippen molar-refractivity contribution in [2.24, 2.45) is 5.92 Å². The summed E-state index contributed by atoms with van der Waals surface area (Å²) in [5.74, 6) is 0.787. The van der Waals surface area contributed by atoms with Gasteiger partial charge in [-0.3, -0.25) is 0 Å². The summed E-state index contributed by atoms with van der Waals surface area (Å²) >= 11 is 6.06. The van der Waals surface area contributed by atoms with Crippen molar-refractivity contribution >= 4 is 11.6 Å². The van der Waals surface area contributed by atoms with Gasteiger partial charge in [-0.1, -0.05) is 29.8 Å². The Bertz CT molecular complexity index is 337. The molecule has 1 aromatic rings. The second-order valence-electron chi connectivity index (χ2n) is 4.65. The second-order valence-corrected chi connectivity index (χ2v) is 5.05. The van der Waals surface area contributed by atoms with Crippen molar-refractivity contribution in [1.29, 1.82) is 0 Å². The maximum Gasteiger partial charge on any atom is 0.0731 e. The molecule has 0 unspecified atom stereocenters. The Morgan fingerprint density at radius 3 is 3.00 bits per heavy atom. The fourth-order valence-electron chi connectivity index (χ4n) is 2.22. The molecular weight excluding hydrogens is 234 g/mol. The van der Waals surface area contributed by atoms with Crippen LogP contribution in [0.3, 0.4) is 0 Å². The van der Waals surface area contributed by atoms with E-state index in [0.29, 0.717) is 6.61 Å². The van der Waals surface area contributed by atoms with Crippen molar-refractivity contribution < 1.29 is 4.74 Å². The van der Waals surface area contributed by atoms with Crippen LogP contribution in [0.1, 0.15) is 24.8 Å². The first-order valence-electron chi connectivity index (χ1n) is 6.38. The Kier molecular flexibility index (Phi) is 5.30. The van der Waals surface area contributed by atoms with E-state index in [1.165, 1.54) is 19.4 Å². The molecule has 2 nitrogen and oxygen atoms in total. The summed E-state index contributed by atoms with van der Waals surface area (Å²) in [5, 5.41) is 4.22. The molecular formula is C14H20ClNO. The average Bonchev–Trinajstić information content (AvgIpc) is 2.38. The van der Waals surface area contributed by atoms with Crippen LogP contribution in [0.15, 0.2) is 24.3 Å². The highest BCUT2D eigenvalue weighted by Gasteiger charge is 2.12. The summed E-state index contributed by atoms with van der Waals surface area (Å²) in [7, 11) is 0. The first-order chi connectivity index (χ1) is 8.36. The molecule has 0 aliphatic carbocycles. The minimum Gasteiger partial charge on any atom is -0.377 e. The molecule has 0 spiro atoms. The lowest BCUT2D eigenvalue weighted by atomic mass is 9.97. The molecule has 17 heavy (non-hydrogen) atoms. The highest BCUT2D eigenvalue weighted by atomic mass is 35.5. The van der Waals surface area contributed by atoms with E-state index in [-0.39, 0.29) is 0 Å². The zero-order chi connectivity index (χ0) is 11.9. The summed E-state index contributed by atoms with van der Waals surface area (Å²) in [6.07, 6.45) is 3.79. The maximum absolute atomic E-state index is 6.06. The first-order valence-corrected chi connectivity index (χ1v) is 6.76. The zero-order valence-electron chi connectivity index (χ0n) is 10.1. The van der Waals surface area contributed by atoms with Crippen LogP contribution in [0.25, 0.3) is 0 Å². The number of hydrogen-bond acceptors (Lipinski definition) is 2. The summed E-state index contributed by atoms with van der Waals surface area (Å²) in [6, 6.07) is 7.87.